The molecule has 1 aliphatic carbocycles. The fraction of sp³-hybridized carbons (Fsp3) is 1.00. The second-order valence-electron chi connectivity index (χ2n) is 2.17. The van der Waals surface area contributed by atoms with Crippen molar-refractivity contribution in [1.29, 1.82) is 0 Å². The molecule has 0 aromatic carbocycles. The van der Waals surface area contributed by atoms with Crippen molar-refractivity contribution in [3.63, 3.8) is 0 Å². The minimum Gasteiger partial charge on any atom is -0.396 e. The van der Waals surface area contributed by atoms with E-state index in [0.29, 0.717) is 18.6 Å². The summed E-state index contributed by atoms with van der Waals surface area (Å²) in [7, 11) is 0. The first-order valence-corrected chi connectivity index (χ1v) is 2.71. The lowest BCUT2D eigenvalue weighted by Crippen LogP contribution is -2.02. The molecule has 0 bridgehead atoms. The van der Waals surface area contributed by atoms with Crippen molar-refractivity contribution >= 4 is 0 Å². The predicted molar refractivity (Wildman–Crippen MR) is 27.8 cm³/mol. The summed E-state index contributed by atoms with van der Waals surface area (Å²) in [5.74, 6) is 0.644. The van der Waals surface area contributed by atoms with Gasteiger partial charge >= 0.3 is 0 Å². The monoisotopic (exact) mass is 101 g/mol. The van der Waals surface area contributed by atoms with E-state index in [0.717, 1.165) is 12.8 Å². The Labute approximate surface area is 43.3 Å². The summed E-state index contributed by atoms with van der Waals surface area (Å²) in [5.41, 5.74) is 5.44. The number of aliphatic hydroxyl groups excluding tert-OH is 1. The highest BCUT2D eigenvalue weighted by Gasteiger charge is 2.31. The molecule has 1 saturated carbocycles. The van der Waals surface area contributed by atoms with Gasteiger partial charge in [-0.05, 0) is 18.8 Å². The molecule has 7 heavy (non-hydrogen) atoms. The molecule has 0 unspecified atom stereocenters. The molecule has 0 radical (unpaired) electrons. The molecule has 1 aliphatic rings. The van der Waals surface area contributed by atoms with Crippen molar-refractivity contribution in [3.8, 4) is 0 Å². The topological polar surface area (TPSA) is 46.2 Å². The molecular weight excluding hydrogens is 90.1 g/mol. The first-order chi connectivity index (χ1) is 3.34. The van der Waals surface area contributed by atoms with Gasteiger partial charge in [0.25, 0.3) is 0 Å². The lowest BCUT2D eigenvalue weighted by Gasteiger charge is -1.86. The average molecular weight is 101 g/mol. The van der Waals surface area contributed by atoms with Crippen LogP contribution in [0.25, 0.3) is 0 Å². The van der Waals surface area contributed by atoms with Gasteiger partial charge in [-0.3, -0.25) is 0 Å². The predicted octanol–water partition coefficient (Wildman–Crippen LogP) is -0.284. The smallest absolute Gasteiger partial charge is 0.0434 e. The normalized spacial score (nSPS) is 38.6. The number of rotatable bonds is 2. The first kappa shape index (κ1) is 5.06. The molecule has 3 N–H and O–H groups in total. The highest BCUT2D eigenvalue weighted by Crippen LogP contribution is 2.30. The Hall–Kier alpha value is -0.0800. The molecule has 0 aromatic heterocycles. The van der Waals surface area contributed by atoms with Crippen molar-refractivity contribution < 1.29 is 5.11 Å². The van der Waals surface area contributed by atoms with Gasteiger partial charge in [0.05, 0.1) is 0 Å². The minimum absolute atomic E-state index is 0.304. The molecule has 0 spiro atoms. The van der Waals surface area contributed by atoms with Crippen LogP contribution in [0, 0.1) is 5.92 Å². The zero-order valence-corrected chi connectivity index (χ0v) is 4.30. The maximum Gasteiger partial charge on any atom is 0.0434 e. The molecule has 0 heterocycles. The lowest BCUT2D eigenvalue weighted by molar-refractivity contribution is 0.279. The Morgan fingerprint density at radius 1 is 1.71 bits per heavy atom. The van der Waals surface area contributed by atoms with E-state index < -0.39 is 0 Å². The molecule has 2 atom stereocenters. The number of nitrogens with two attached hydrogens (primary N) is 1. The van der Waals surface area contributed by atoms with E-state index in [9.17, 15) is 0 Å². The quantitative estimate of drug-likeness (QED) is 0.502. The van der Waals surface area contributed by atoms with E-state index in [1.807, 2.05) is 0 Å². The lowest BCUT2D eigenvalue weighted by atomic mass is 10.3. The Kier molecular flexibility index (Phi) is 1.30. The zero-order chi connectivity index (χ0) is 5.28. The summed E-state index contributed by atoms with van der Waals surface area (Å²) in [6, 6.07) is 0.409. The molecule has 0 saturated heterocycles. The molecule has 0 aromatic rings. The number of hydrogen-bond donors (Lipinski definition) is 2. The van der Waals surface area contributed by atoms with Crippen molar-refractivity contribution in [2.24, 2.45) is 11.7 Å². The van der Waals surface area contributed by atoms with Gasteiger partial charge in [0.15, 0.2) is 0 Å². The molecule has 1 fully saturated rings. The first-order valence-electron chi connectivity index (χ1n) is 2.71. The standard InChI is InChI=1S/C5H11NO/c6-5-3-4(5)1-2-7/h4-5,7H,1-3,6H2/t4-,5+/m1/s1. The van der Waals surface area contributed by atoms with E-state index in [1.54, 1.807) is 0 Å². The Morgan fingerprint density at radius 2 is 2.29 bits per heavy atom. The van der Waals surface area contributed by atoms with Crippen LogP contribution >= 0.6 is 0 Å². The molecule has 0 aliphatic heterocycles. The fourth-order valence-electron chi connectivity index (χ4n) is 0.769. The summed E-state index contributed by atoms with van der Waals surface area (Å²) in [6.07, 6.45) is 2.03. The molecule has 2 nitrogen and oxygen atoms in total. The van der Waals surface area contributed by atoms with Gasteiger partial charge in [0, 0.05) is 12.6 Å². The van der Waals surface area contributed by atoms with Gasteiger partial charge in [0.1, 0.15) is 0 Å². The largest absolute Gasteiger partial charge is 0.396 e. The second-order valence-corrected chi connectivity index (χ2v) is 2.17. The summed E-state index contributed by atoms with van der Waals surface area (Å²) < 4.78 is 0. The highest BCUT2D eigenvalue weighted by atomic mass is 16.3. The molecule has 2 heteroatoms. The summed E-state index contributed by atoms with van der Waals surface area (Å²) in [5, 5.41) is 8.34. The summed E-state index contributed by atoms with van der Waals surface area (Å²) >= 11 is 0. The molecule has 42 valence electrons. The summed E-state index contributed by atoms with van der Waals surface area (Å²) in [6.45, 7) is 0.304. The van der Waals surface area contributed by atoms with E-state index in [4.69, 9.17) is 10.8 Å². The molecular formula is C5H11NO. The van der Waals surface area contributed by atoms with Gasteiger partial charge in [-0.15, -0.1) is 0 Å². The van der Waals surface area contributed by atoms with Crippen LogP contribution in [0.4, 0.5) is 0 Å². The van der Waals surface area contributed by atoms with Crippen LogP contribution < -0.4 is 5.73 Å². The van der Waals surface area contributed by atoms with Crippen LogP contribution in [0.15, 0.2) is 0 Å². The zero-order valence-electron chi connectivity index (χ0n) is 4.30. The number of hydrogen-bond acceptors (Lipinski definition) is 2. The van der Waals surface area contributed by atoms with Crippen molar-refractivity contribution in [3.05, 3.63) is 0 Å². The van der Waals surface area contributed by atoms with Crippen LogP contribution in [0.5, 0.6) is 0 Å². The van der Waals surface area contributed by atoms with Crippen LogP contribution in [0.3, 0.4) is 0 Å². The van der Waals surface area contributed by atoms with E-state index in [2.05, 4.69) is 0 Å². The highest BCUT2D eigenvalue weighted by molar-refractivity contribution is 4.89. The van der Waals surface area contributed by atoms with Gasteiger partial charge in [-0.2, -0.15) is 0 Å². The third-order valence-corrected chi connectivity index (χ3v) is 1.48. The Bertz CT molecular complexity index is 65.1. The van der Waals surface area contributed by atoms with E-state index in [1.165, 1.54) is 0 Å². The average Bonchev–Trinajstić information content (AvgIpc) is 2.22. The van der Waals surface area contributed by atoms with Crippen molar-refractivity contribution in [2.75, 3.05) is 6.61 Å². The number of aliphatic hydroxyl groups is 1. The van der Waals surface area contributed by atoms with Gasteiger partial charge < -0.3 is 10.8 Å². The van der Waals surface area contributed by atoms with Gasteiger partial charge in [-0.1, -0.05) is 0 Å². The van der Waals surface area contributed by atoms with Crippen molar-refractivity contribution in [1.82, 2.24) is 0 Å². The third-order valence-electron chi connectivity index (χ3n) is 1.48. The molecule has 1 rings (SSSR count). The SMILES string of the molecule is N[C@H]1C[C@H]1CCO. The van der Waals surface area contributed by atoms with E-state index in [-0.39, 0.29) is 0 Å². The Balaban J connectivity index is 1.98. The second kappa shape index (κ2) is 1.80. The molecule has 0 amide bonds. The van der Waals surface area contributed by atoms with Gasteiger partial charge in [-0.25, -0.2) is 0 Å². The van der Waals surface area contributed by atoms with Crippen LogP contribution in [-0.4, -0.2) is 17.8 Å². The van der Waals surface area contributed by atoms with Gasteiger partial charge in [0.2, 0.25) is 0 Å². The van der Waals surface area contributed by atoms with Crippen LogP contribution in [-0.2, 0) is 0 Å². The third kappa shape index (κ3) is 1.14. The Morgan fingerprint density at radius 3 is 2.43 bits per heavy atom. The maximum atomic E-state index is 8.34. The van der Waals surface area contributed by atoms with Crippen LogP contribution in [0.1, 0.15) is 12.8 Å². The minimum atomic E-state index is 0.304. The van der Waals surface area contributed by atoms with Crippen LogP contribution in [0.2, 0.25) is 0 Å². The van der Waals surface area contributed by atoms with E-state index >= 15 is 0 Å². The summed E-state index contributed by atoms with van der Waals surface area (Å²) in [4.78, 5) is 0. The fourth-order valence-corrected chi connectivity index (χ4v) is 0.769. The van der Waals surface area contributed by atoms with Crippen molar-refractivity contribution in [2.45, 2.75) is 18.9 Å². The maximum absolute atomic E-state index is 8.34.